The van der Waals surface area contributed by atoms with Crippen LogP contribution in [0.1, 0.15) is 31.7 Å². The van der Waals surface area contributed by atoms with E-state index in [4.69, 9.17) is 4.98 Å². The van der Waals surface area contributed by atoms with Crippen molar-refractivity contribution in [2.45, 2.75) is 33.4 Å². The summed E-state index contributed by atoms with van der Waals surface area (Å²) >= 11 is 0. The molecule has 0 amide bonds. The first-order valence-electron chi connectivity index (χ1n) is 10.3. The van der Waals surface area contributed by atoms with Gasteiger partial charge in [0.15, 0.2) is 11.2 Å². The smallest absolute Gasteiger partial charge is 0.317 e. The Morgan fingerprint density at radius 3 is 2.28 bits per heavy atom. The van der Waals surface area contributed by atoms with Crippen LogP contribution in [0.3, 0.4) is 0 Å². The SMILES string of the molecule is CC1CC(C)CN(Cc2nc3c(c(=O)n(C)c(=O)n3C)n2Cc2ccccc2)C1. The summed E-state index contributed by atoms with van der Waals surface area (Å²) in [6.07, 6.45) is 1.24. The van der Waals surface area contributed by atoms with Crippen molar-refractivity contribution in [3.8, 4) is 0 Å². The van der Waals surface area contributed by atoms with Gasteiger partial charge in [0.2, 0.25) is 0 Å². The number of nitrogens with zero attached hydrogens (tertiary/aromatic N) is 5. The molecule has 3 heterocycles. The van der Waals surface area contributed by atoms with Crippen LogP contribution in [0.15, 0.2) is 39.9 Å². The van der Waals surface area contributed by atoms with Gasteiger partial charge in [0.1, 0.15) is 5.82 Å². The van der Waals surface area contributed by atoms with Crippen LogP contribution in [-0.4, -0.2) is 36.7 Å². The number of hydrogen-bond donors (Lipinski definition) is 0. The van der Waals surface area contributed by atoms with E-state index >= 15 is 0 Å². The van der Waals surface area contributed by atoms with Gasteiger partial charge in [0.05, 0.1) is 6.54 Å². The molecule has 2 atom stereocenters. The average molecular weight is 396 g/mol. The van der Waals surface area contributed by atoms with Crippen molar-refractivity contribution in [1.82, 2.24) is 23.6 Å². The van der Waals surface area contributed by atoms with Gasteiger partial charge in [-0.1, -0.05) is 44.2 Å². The number of piperidine rings is 1. The zero-order valence-corrected chi connectivity index (χ0v) is 17.6. The fourth-order valence-corrected chi connectivity index (χ4v) is 4.67. The molecule has 1 saturated heterocycles. The zero-order chi connectivity index (χ0) is 20.7. The number of aryl methyl sites for hydroxylation is 1. The molecule has 0 spiro atoms. The second kappa shape index (κ2) is 7.63. The van der Waals surface area contributed by atoms with Gasteiger partial charge >= 0.3 is 5.69 Å². The third kappa shape index (κ3) is 3.67. The predicted molar refractivity (Wildman–Crippen MR) is 114 cm³/mol. The van der Waals surface area contributed by atoms with Crippen molar-refractivity contribution in [3.63, 3.8) is 0 Å². The lowest BCUT2D eigenvalue weighted by Gasteiger charge is -2.34. The molecule has 7 nitrogen and oxygen atoms in total. The summed E-state index contributed by atoms with van der Waals surface area (Å²) < 4.78 is 4.64. The molecule has 0 radical (unpaired) electrons. The molecule has 0 aliphatic carbocycles. The van der Waals surface area contributed by atoms with Crippen molar-refractivity contribution < 1.29 is 0 Å². The highest BCUT2D eigenvalue weighted by molar-refractivity contribution is 5.71. The van der Waals surface area contributed by atoms with E-state index < -0.39 is 0 Å². The van der Waals surface area contributed by atoms with E-state index in [2.05, 4.69) is 18.7 Å². The van der Waals surface area contributed by atoms with E-state index in [0.29, 0.717) is 36.1 Å². The van der Waals surface area contributed by atoms with Crippen molar-refractivity contribution in [2.75, 3.05) is 13.1 Å². The van der Waals surface area contributed by atoms with Crippen LogP contribution >= 0.6 is 0 Å². The molecule has 1 aliphatic rings. The number of fused-ring (bicyclic) bond motifs is 1. The minimum Gasteiger partial charge on any atom is -0.317 e. The Labute approximate surface area is 170 Å². The number of imidazole rings is 1. The molecule has 0 bridgehead atoms. The van der Waals surface area contributed by atoms with Crippen LogP contribution in [-0.2, 0) is 27.2 Å². The fourth-order valence-electron chi connectivity index (χ4n) is 4.67. The Balaban J connectivity index is 1.85. The molecule has 2 aromatic heterocycles. The third-order valence-electron chi connectivity index (χ3n) is 5.92. The van der Waals surface area contributed by atoms with Gasteiger partial charge in [-0.2, -0.15) is 0 Å². The van der Waals surface area contributed by atoms with Gasteiger partial charge in [-0.15, -0.1) is 0 Å². The fraction of sp³-hybridized carbons (Fsp3) is 0.500. The van der Waals surface area contributed by atoms with E-state index in [1.165, 1.54) is 22.6 Å². The zero-order valence-electron chi connectivity index (χ0n) is 17.6. The highest BCUT2D eigenvalue weighted by Crippen LogP contribution is 2.23. The van der Waals surface area contributed by atoms with E-state index in [9.17, 15) is 9.59 Å². The summed E-state index contributed by atoms with van der Waals surface area (Å²) in [5.74, 6) is 2.12. The third-order valence-corrected chi connectivity index (χ3v) is 5.92. The van der Waals surface area contributed by atoms with Gasteiger partial charge in [0, 0.05) is 33.7 Å². The minimum atomic E-state index is -0.348. The molecule has 29 heavy (non-hydrogen) atoms. The van der Waals surface area contributed by atoms with Gasteiger partial charge < -0.3 is 4.57 Å². The van der Waals surface area contributed by atoms with Crippen LogP contribution in [0.5, 0.6) is 0 Å². The van der Waals surface area contributed by atoms with Gasteiger partial charge in [-0.05, 0) is 23.8 Å². The Bertz CT molecular complexity index is 1130. The van der Waals surface area contributed by atoms with Crippen LogP contribution in [0.25, 0.3) is 11.2 Å². The van der Waals surface area contributed by atoms with Crippen molar-refractivity contribution in [2.24, 2.45) is 25.9 Å². The lowest BCUT2D eigenvalue weighted by atomic mass is 9.92. The van der Waals surface area contributed by atoms with E-state index in [0.717, 1.165) is 24.5 Å². The van der Waals surface area contributed by atoms with Crippen LogP contribution in [0.2, 0.25) is 0 Å². The molecule has 0 saturated carbocycles. The van der Waals surface area contributed by atoms with Crippen molar-refractivity contribution >= 4 is 11.2 Å². The van der Waals surface area contributed by atoms with Crippen LogP contribution < -0.4 is 11.2 Å². The number of hydrogen-bond acceptors (Lipinski definition) is 4. The van der Waals surface area contributed by atoms with Crippen LogP contribution in [0.4, 0.5) is 0 Å². The second-order valence-electron chi connectivity index (χ2n) is 8.62. The lowest BCUT2D eigenvalue weighted by Crippen LogP contribution is -2.39. The monoisotopic (exact) mass is 395 g/mol. The van der Waals surface area contributed by atoms with E-state index in [-0.39, 0.29) is 11.2 Å². The summed E-state index contributed by atoms with van der Waals surface area (Å²) in [6.45, 7) is 7.85. The molecule has 4 rings (SSSR count). The normalized spacial score (nSPS) is 20.4. The highest BCUT2D eigenvalue weighted by atomic mass is 16.2. The Kier molecular flexibility index (Phi) is 5.17. The van der Waals surface area contributed by atoms with Gasteiger partial charge in [-0.3, -0.25) is 18.8 Å². The largest absolute Gasteiger partial charge is 0.332 e. The minimum absolute atomic E-state index is 0.293. The maximum atomic E-state index is 13.0. The van der Waals surface area contributed by atoms with Gasteiger partial charge in [0.25, 0.3) is 5.56 Å². The Hall–Kier alpha value is -2.67. The molecule has 2 unspecified atom stereocenters. The summed E-state index contributed by atoms with van der Waals surface area (Å²) in [7, 11) is 3.20. The standard InChI is InChI=1S/C22H29N5O2/c1-15-10-16(2)12-26(11-15)14-18-23-20-19(21(28)25(4)22(29)24(20)3)27(18)13-17-8-6-5-7-9-17/h5-9,15-16H,10-14H2,1-4H3. The molecular formula is C22H29N5O2. The molecule has 1 aliphatic heterocycles. The van der Waals surface area contributed by atoms with E-state index in [1.807, 2.05) is 34.9 Å². The number of rotatable bonds is 4. The second-order valence-corrected chi connectivity index (χ2v) is 8.62. The number of benzene rings is 1. The van der Waals surface area contributed by atoms with Gasteiger partial charge in [-0.25, -0.2) is 9.78 Å². The summed E-state index contributed by atoms with van der Waals surface area (Å²) in [6, 6.07) is 10.1. The first-order chi connectivity index (χ1) is 13.8. The quantitative estimate of drug-likeness (QED) is 0.677. The maximum absolute atomic E-state index is 13.0. The number of aromatic nitrogens is 4. The first kappa shape index (κ1) is 19.6. The topological polar surface area (TPSA) is 65.1 Å². The van der Waals surface area contributed by atoms with Crippen molar-refractivity contribution in [3.05, 3.63) is 62.6 Å². The van der Waals surface area contributed by atoms with Crippen molar-refractivity contribution in [1.29, 1.82) is 0 Å². The van der Waals surface area contributed by atoms with E-state index in [1.54, 1.807) is 7.05 Å². The molecule has 1 fully saturated rings. The summed E-state index contributed by atoms with van der Waals surface area (Å²) in [4.78, 5) is 32.6. The number of likely N-dealkylation sites (tertiary alicyclic amines) is 1. The molecule has 154 valence electrons. The predicted octanol–water partition coefficient (Wildman–Crippen LogP) is 1.96. The maximum Gasteiger partial charge on any atom is 0.332 e. The Morgan fingerprint density at radius 1 is 0.966 bits per heavy atom. The summed E-state index contributed by atoms with van der Waals surface area (Å²) in [5.41, 5.74) is 1.41. The molecule has 0 N–H and O–H groups in total. The summed E-state index contributed by atoms with van der Waals surface area (Å²) in [5, 5.41) is 0. The molecule has 1 aromatic carbocycles. The lowest BCUT2D eigenvalue weighted by molar-refractivity contribution is 0.130. The first-order valence-corrected chi connectivity index (χ1v) is 10.3. The van der Waals surface area contributed by atoms with Crippen LogP contribution in [0, 0.1) is 11.8 Å². The molecule has 3 aromatic rings. The molecular weight excluding hydrogens is 366 g/mol. The average Bonchev–Trinajstić information content (AvgIpc) is 3.03. The molecule has 7 heteroatoms. The Morgan fingerprint density at radius 2 is 1.62 bits per heavy atom. The highest BCUT2D eigenvalue weighted by Gasteiger charge is 2.25.